The standard InChI is InChI=1S/C11H11NO5/c1-8(5-6-17-11(13)14)9-3-2-4-10(7-9)12(15)16/h2-5,7H,6H2,1H3,(H,13,14). The fraction of sp³-hybridized carbons (Fsp3) is 0.182. The van der Waals surface area contributed by atoms with Gasteiger partial charge in [0.1, 0.15) is 6.61 Å². The largest absolute Gasteiger partial charge is 0.506 e. The van der Waals surface area contributed by atoms with Crippen molar-refractivity contribution < 1.29 is 19.6 Å². The minimum atomic E-state index is -1.35. The monoisotopic (exact) mass is 237 g/mol. The highest BCUT2D eigenvalue weighted by atomic mass is 16.7. The Balaban J connectivity index is 2.81. The Bertz CT molecular complexity index is 467. The molecule has 1 aromatic rings. The Morgan fingerprint density at radius 2 is 2.29 bits per heavy atom. The zero-order chi connectivity index (χ0) is 12.8. The van der Waals surface area contributed by atoms with Gasteiger partial charge in [0.15, 0.2) is 0 Å². The predicted molar refractivity (Wildman–Crippen MR) is 60.7 cm³/mol. The molecule has 6 heteroatoms. The number of nitro benzene ring substituents is 1. The molecule has 0 amide bonds. The third-order valence-corrected chi connectivity index (χ3v) is 2.11. The van der Waals surface area contributed by atoms with Gasteiger partial charge < -0.3 is 9.84 Å². The number of hydrogen-bond donors (Lipinski definition) is 1. The van der Waals surface area contributed by atoms with Crippen LogP contribution in [0.15, 0.2) is 30.3 Å². The van der Waals surface area contributed by atoms with E-state index in [0.29, 0.717) is 5.56 Å². The highest BCUT2D eigenvalue weighted by Gasteiger charge is 2.06. The lowest BCUT2D eigenvalue weighted by atomic mass is 10.1. The number of rotatable bonds is 4. The summed E-state index contributed by atoms with van der Waals surface area (Å²) in [5.41, 5.74) is 1.37. The summed E-state index contributed by atoms with van der Waals surface area (Å²) < 4.78 is 4.32. The minimum absolute atomic E-state index is 0.00518. The van der Waals surface area contributed by atoms with E-state index in [9.17, 15) is 14.9 Å². The number of benzene rings is 1. The van der Waals surface area contributed by atoms with Crippen molar-refractivity contribution in [2.75, 3.05) is 6.61 Å². The van der Waals surface area contributed by atoms with Gasteiger partial charge in [0, 0.05) is 12.1 Å². The molecule has 0 saturated carbocycles. The van der Waals surface area contributed by atoms with Crippen LogP contribution >= 0.6 is 0 Å². The van der Waals surface area contributed by atoms with Gasteiger partial charge in [-0.05, 0) is 24.1 Å². The van der Waals surface area contributed by atoms with Gasteiger partial charge in [-0.3, -0.25) is 10.1 Å². The fourth-order valence-electron chi connectivity index (χ4n) is 1.22. The van der Waals surface area contributed by atoms with Crippen molar-refractivity contribution in [2.24, 2.45) is 0 Å². The summed E-state index contributed by atoms with van der Waals surface area (Å²) >= 11 is 0. The summed E-state index contributed by atoms with van der Waals surface area (Å²) in [6, 6.07) is 6.10. The molecule has 17 heavy (non-hydrogen) atoms. The van der Waals surface area contributed by atoms with E-state index in [1.165, 1.54) is 12.1 Å². The number of nitro groups is 1. The van der Waals surface area contributed by atoms with E-state index in [0.717, 1.165) is 5.57 Å². The van der Waals surface area contributed by atoms with Crippen LogP contribution in [0.25, 0.3) is 5.57 Å². The molecule has 0 fully saturated rings. The molecule has 0 atom stereocenters. The predicted octanol–water partition coefficient (Wildman–Crippen LogP) is 2.69. The first kappa shape index (κ1) is 12.7. The number of carboxylic acid groups (broad SMARTS) is 1. The third-order valence-electron chi connectivity index (χ3n) is 2.11. The first-order chi connectivity index (χ1) is 8.00. The molecule has 1 aromatic carbocycles. The Kier molecular flexibility index (Phi) is 4.21. The van der Waals surface area contributed by atoms with Gasteiger partial charge in [-0.1, -0.05) is 12.1 Å². The van der Waals surface area contributed by atoms with E-state index >= 15 is 0 Å². The van der Waals surface area contributed by atoms with Gasteiger partial charge in [0.25, 0.3) is 5.69 Å². The lowest BCUT2D eigenvalue weighted by Crippen LogP contribution is -1.99. The van der Waals surface area contributed by atoms with Crippen molar-refractivity contribution >= 4 is 17.4 Å². The van der Waals surface area contributed by atoms with E-state index in [2.05, 4.69) is 4.74 Å². The summed E-state index contributed by atoms with van der Waals surface area (Å²) in [6.07, 6.45) is 0.195. The number of nitrogens with zero attached hydrogens (tertiary/aromatic N) is 1. The molecule has 0 saturated heterocycles. The fourth-order valence-corrected chi connectivity index (χ4v) is 1.22. The molecule has 0 bridgehead atoms. The second-order valence-corrected chi connectivity index (χ2v) is 3.27. The normalized spacial score (nSPS) is 11.0. The maximum atomic E-state index is 10.6. The second-order valence-electron chi connectivity index (χ2n) is 3.27. The molecule has 1 rings (SSSR count). The highest BCUT2D eigenvalue weighted by molar-refractivity contribution is 5.66. The Labute approximate surface area is 97.3 Å². The summed E-state index contributed by atoms with van der Waals surface area (Å²) in [5.74, 6) is 0. The van der Waals surface area contributed by atoms with Crippen LogP contribution in [0.3, 0.4) is 0 Å². The van der Waals surface area contributed by atoms with Crippen LogP contribution < -0.4 is 0 Å². The van der Waals surface area contributed by atoms with Crippen LogP contribution in [0.5, 0.6) is 0 Å². The molecule has 0 aromatic heterocycles. The number of carbonyl (C=O) groups is 1. The molecule has 1 N–H and O–H groups in total. The van der Waals surface area contributed by atoms with Crippen molar-refractivity contribution in [3.05, 3.63) is 46.0 Å². The van der Waals surface area contributed by atoms with Crippen LogP contribution in [-0.2, 0) is 4.74 Å². The van der Waals surface area contributed by atoms with E-state index in [-0.39, 0.29) is 12.3 Å². The summed E-state index contributed by atoms with van der Waals surface area (Å²) in [6.45, 7) is 1.65. The number of allylic oxidation sites excluding steroid dienone is 1. The van der Waals surface area contributed by atoms with Crippen LogP contribution in [0, 0.1) is 10.1 Å². The minimum Gasteiger partial charge on any atom is -0.450 e. The average molecular weight is 237 g/mol. The molecule has 0 heterocycles. The van der Waals surface area contributed by atoms with Gasteiger partial charge in [0.2, 0.25) is 0 Å². The van der Waals surface area contributed by atoms with Crippen molar-refractivity contribution in [1.82, 2.24) is 0 Å². The van der Waals surface area contributed by atoms with Gasteiger partial charge in [-0.25, -0.2) is 4.79 Å². The summed E-state index contributed by atoms with van der Waals surface area (Å²) in [4.78, 5) is 20.2. The van der Waals surface area contributed by atoms with E-state index in [1.54, 1.807) is 25.1 Å². The first-order valence-electron chi connectivity index (χ1n) is 4.78. The third kappa shape index (κ3) is 3.94. The van der Waals surface area contributed by atoms with Crippen molar-refractivity contribution in [1.29, 1.82) is 0 Å². The molecular formula is C11H11NO5. The Hall–Kier alpha value is -2.37. The van der Waals surface area contributed by atoms with Crippen LogP contribution in [0.2, 0.25) is 0 Å². The maximum Gasteiger partial charge on any atom is 0.506 e. The number of non-ortho nitro benzene ring substituents is 1. The topological polar surface area (TPSA) is 89.7 Å². The number of ether oxygens (including phenoxy) is 1. The molecule has 0 spiro atoms. The zero-order valence-corrected chi connectivity index (χ0v) is 9.12. The molecule has 0 radical (unpaired) electrons. The molecule has 6 nitrogen and oxygen atoms in total. The molecule has 0 unspecified atom stereocenters. The Morgan fingerprint density at radius 3 is 2.88 bits per heavy atom. The lowest BCUT2D eigenvalue weighted by molar-refractivity contribution is -0.384. The van der Waals surface area contributed by atoms with Crippen molar-refractivity contribution in [3.63, 3.8) is 0 Å². The number of hydrogen-bond acceptors (Lipinski definition) is 4. The van der Waals surface area contributed by atoms with E-state index < -0.39 is 11.1 Å². The molecule has 90 valence electrons. The molecule has 0 aliphatic heterocycles. The lowest BCUT2D eigenvalue weighted by Gasteiger charge is -2.01. The maximum absolute atomic E-state index is 10.6. The molecule has 0 aliphatic rings. The quantitative estimate of drug-likeness (QED) is 0.494. The van der Waals surface area contributed by atoms with Crippen LogP contribution in [0.4, 0.5) is 10.5 Å². The summed E-state index contributed by atoms with van der Waals surface area (Å²) in [5, 5.41) is 18.8. The zero-order valence-electron chi connectivity index (χ0n) is 9.12. The highest BCUT2D eigenvalue weighted by Crippen LogP contribution is 2.19. The van der Waals surface area contributed by atoms with E-state index in [1.807, 2.05) is 0 Å². The van der Waals surface area contributed by atoms with Crippen molar-refractivity contribution in [2.45, 2.75) is 6.92 Å². The van der Waals surface area contributed by atoms with Gasteiger partial charge >= 0.3 is 6.16 Å². The van der Waals surface area contributed by atoms with Gasteiger partial charge in [-0.15, -0.1) is 0 Å². The first-order valence-corrected chi connectivity index (χ1v) is 4.78. The van der Waals surface area contributed by atoms with Crippen molar-refractivity contribution in [3.8, 4) is 0 Å². The van der Waals surface area contributed by atoms with E-state index in [4.69, 9.17) is 5.11 Å². The second kappa shape index (κ2) is 5.64. The van der Waals surface area contributed by atoms with Crippen LogP contribution in [0.1, 0.15) is 12.5 Å². The van der Waals surface area contributed by atoms with Crippen LogP contribution in [-0.4, -0.2) is 22.8 Å². The molecular weight excluding hydrogens is 226 g/mol. The smallest absolute Gasteiger partial charge is 0.450 e. The SMILES string of the molecule is CC(=CCOC(=O)O)c1cccc([N+](=O)[O-])c1. The Morgan fingerprint density at radius 1 is 1.59 bits per heavy atom. The molecule has 0 aliphatic carbocycles. The van der Waals surface area contributed by atoms with Gasteiger partial charge in [0.05, 0.1) is 4.92 Å². The average Bonchev–Trinajstić information content (AvgIpc) is 2.28. The summed E-state index contributed by atoms with van der Waals surface area (Å²) in [7, 11) is 0. The van der Waals surface area contributed by atoms with Gasteiger partial charge in [-0.2, -0.15) is 0 Å².